The van der Waals surface area contributed by atoms with Crippen molar-refractivity contribution < 1.29 is 13.9 Å². The highest BCUT2D eigenvalue weighted by molar-refractivity contribution is 5.75. The molecule has 2 aromatic rings. The predicted molar refractivity (Wildman–Crippen MR) is 80.1 cm³/mol. The Morgan fingerprint density at radius 1 is 1.43 bits per heavy atom. The largest absolute Gasteiger partial charge is 0.474 e. The van der Waals surface area contributed by atoms with E-state index in [2.05, 4.69) is 15.2 Å². The van der Waals surface area contributed by atoms with E-state index in [0.717, 1.165) is 23.9 Å². The van der Waals surface area contributed by atoms with Crippen molar-refractivity contribution in [2.75, 3.05) is 24.6 Å². The summed E-state index contributed by atoms with van der Waals surface area (Å²) in [6, 6.07) is 1.40. The van der Waals surface area contributed by atoms with Crippen LogP contribution in [0.25, 0.3) is 0 Å². The quantitative estimate of drug-likeness (QED) is 0.860. The number of hydrogen-bond acceptors (Lipinski definition) is 5. The van der Waals surface area contributed by atoms with Crippen LogP contribution < -0.4 is 9.64 Å². The number of hydrogen-bond donors (Lipinski definition) is 1. The van der Waals surface area contributed by atoms with Gasteiger partial charge in [-0.1, -0.05) is 0 Å². The SMILES string of the molecule is CC(=O)N1CCc2[nH]nc(N3CCOc4ncc(F)cc43)c2C1. The molecule has 0 aromatic carbocycles. The molecule has 0 radical (unpaired) electrons. The summed E-state index contributed by atoms with van der Waals surface area (Å²) in [5, 5.41) is 7.44. The lowest BCUT2D eigenvalue weighted by Gasteiger charge is -2.31. The minimum absolute atomic E-state index is 0.0397. The highest BCUT2D eigenvalue weighted by Crippen LogP contribution is 2.37. The van der Waals surface area contributed by atoms with Gasteiger partial charge < -0.3 is 14.5 Å². The smallest absolute Gasteiger partial charge is 0.238 e. The average Bonchev–Trinajstić information content (AvgIpc) is 2.97. The minimum Gasteiger partial charge on any atom is -0.474 e. The molecule has 0 saturated carbocycles. The van der Waals surface area contributed by atoms with Crippen molar-refractivity contribution in [3.8, 4) is 5.88 Å². The van der Waals surface area contributed by atoms with Crippen molar-refractivity contribution in [3.05, 3.63) is 29.3 Å². The Balaban J connectivity index is 1.75. The van der Waals surface area contributed by atoms with E-state index in [1.807, 2.05) is 4.90 Å². The number of amides is 1. The van der Waals surface area contributed by atoms with Crippen LogP contribution in [0.2, 0.25) is 0 Å². The molecule has 0 bridgehead atoms. The van der Waals surface area contributed by atoms with Crippen LogP contribution in [0.4, 0.5) is 15.9 Å². The van der Waals surface area contributed by atoms with Crippen molar-refractivity contribution >= 4 is 17.4 Å². The molecular formula is C15H16FN5O2. The van der Waals surface area contributed by atoms with E-state index >= 15 is 0 Å². The molecule has 4 rings (SSSR count). The molecule has 0 fully saturated rings. The summed E-state index contributed by atoms with van der Waals surface area (Å²) < 4.78 is 19.1. The van der Waals surface area contributed by atoms with E-state index in [-0.39, 0.29) is 5.91 Å². The lowest BCUT2D eigenvalue weighted by Crippen LogP contribution is -2.35. The number of rotatable bonds is 1. The summed E-state index contributed by atoms with van der Waals surface area (Å²) in [6.07, 6.45) is 1.88. The molecule has 8 heteroatoms. The van der Waals surface area contributed by atoms with Gasteiger partial charge in [0.05, 0.1) is 19.3 Å². The third-order valence-electron chi connectivity index (χ3n) is 4.26. The molecule has 1 N–H and O–H groups in total. The molecular weight excluding hydrogens is 301 g/mol. The molecule has 7 nitrogen and oxygen atoms in total. The summed E-state index contributed by atoms with van der Waals surface area (Å²) in [5.41, 5.74) is 2.56. The molecule has 1 amide bonds. The normalized spacial score (nSPS) is 16.6. The summed E-state index contributed by atoms with van der Waals surface area (Å²) in [7, 11) is 0. The van der Waals surface area contributed by atoms with Gasteiger partial charge >= 0.3 is 0 Å². The number of carbonyl (C=O) groups is 1. The van der Waals surface area contributed by atoms with Gasteiger partial charge in [-0.05, 0) is 0 Å². The number of fused-ring (bicyclic) bond motifs is 2. The summed E-state index contributed by atoms with van der Waals surface area (Å²) >= 11 is 0. The number of nitrogens with zero attached hydrogens (tertiary/aromatic N) is 4. The minimum atomic E-state index is -0.422. The van der Waals surface area contributed by atoms with Gasteiger partial charge in [-0.25, -0.2) is 9.37 Å². The Morgan fingerprint density at radius 2 is 2.30 bits per heavy atom. The van der Waals surface area contributed by atoms with E-state index < -0.39 is 5.82 Å². The van der Waals surface area contributed by atoms with Crippen molar-refractivity contribution in [3.63, 3.8) is 0 Å². The molecule has 2 aromatic heterocycles. The lowest BCUT2D eigenvalue weighted by molar-refractivity contribution is -0.129. The third kappa shape index (κ3) is 2.30. The Bertz CT molecular complexity index is 775. The summed E-state index contributed by atoms with van der Waals surface area (Å²) in [6.45, 7) is 3.75. The standard InChI is InChI=1S/C15H16FN5O2/c1-9(22)20-3-2-12-11(8-20)14(19-18-12)21-4-5-23-15-13(21)6-10(16)7-17-15/h6-7H,2-5,8H2,1H3,(H,18,19). The first-order valence-corrected chi connectivity index (χ1v) is 7.51. The van der Waals surface area contributed by atoms with E-state index in [4.69, 9.17) is 4.74 Å². The van der Waals surface area contributed by atoms with Gasteiger partial charge in [0.2, 0.25) is 11.8 Å². The van der Waals surface area contributed by atoms with E-state index in [9.17, 15) is 9.18 Å². The topological polar surface area (TPSA) is 74.4 Å². The van der Waals surface area contributed by atoms with Gasteiger partial charge in [-0.3, -0.25) is 9.89 Å². The van der Waals surface area contributed by atoms with Crippen LogP contribution in [0.3, 0.4) is 0 Å². The monoisotopic (exact) mass is 317 g/mol. The maximum absolute atomic E-state index is 13.6. The lowest BCUT2D eigenvalue weighted by atomic mass is 10.1. The Hall–Kier alpha value is -2.64. The average molecular weight is 317 g/mol. The van der Waals surface area contributed by atoms with Crippen molar-refractivity contribution in [2.45, 2.75) is 19.9 Å². The molecule has 2 aliphatic rings. The van der Waals surface area contributed by atoms with E-state index in [1.165, 1.54) is 6.07 Å². The number of halogens is 1. The number of aromatic nitrogens is 3. The summed E-state index contributed by atoms with van der Waals surface area (Å²) in [4.78, 5) is 19.3. The summed E-state index contributed by atoms with van der Waals surface area (Å²) in [5.74, 6) is 0.725. The van der Waals surface area contributed by atoms with Gasteiger partial charge in [-0.2, -0.15) is 5.10 Å². The van der Waals surface area contributed by atoms with Gasteiger partial charge in [-0.15, -0.1) is 0 Å². The van der Waals surface area contributed by atoms with E-state index in [0.29, 0.717) is 43.6 Å². The van der Waals surface area contributed by atoms with Crippen LogP contribution in [-0.4, -0.2) is 45.7 Å². The molecule has 120 valence electrons. The van der Waals surface area contributed by atoms with Crippen LogP contribution in [-0.2, 0) is 17.8 Å². The van der Waals surface area contributed by atoms with Crippen molar-refractivity contribution in [2.24, 2.45) is 0 Å². The van der Waals surface area contributed by atoms with Gasteiger partial charge in [0.15, 0.2) is 5.82 Å². The molecule has 0 saturated heterocycles. The van der Waals surface area contributed by atoms with Crippen molar-refractivity contribution in [1.82, 2.24) is 20.1 Å². The first-order chi connectivity index (χ1) is 11.1. The Morgan fingerprint density at radius 3 is 3.13 bits per heavy atom. The maximum Gasteiger partial charge on any atom is 0.238 e. The van der Waals surface area contributed by atoms with Gasteiger partial charge in [0.25, 0.3) is 0 Å². The second kappa shape index (κ2) is 5.22. The highest BCUT2D eigenvalue weighted by atomic mass is 19.1. The number of nitrogens with one attached hydrogen (secondary N) is 1. The van der Waals surface area contributed by atoms with Crippen LogP contribution in [0, 0.1) is 5.82 Å². The number of ether oxygens (including phenoxy) is 1. The van der Waals surface area contributed by atoms with Crippen molar-refractivity contribution in [1.29, 1.82) is 0 Å². The fraction of sp³-hybridized carbons (Fsp3) is 0.400. The van der Waals surface area contributed by atoms with Gasteiger partial charge in [0, 0.05) is 37.2 Å². The van der Waals surface area contributed by atoms with Crippen LogP contribution in [0.1, 0.15) is 18.2 Å². The molecule has 0 unspecified atom stereocenters. The first-order valence-electron chi connectivity index (χ1n) is 7.51. The van der Waals surface area contributed by atoms with Crippen LogP contribution in [0.15, 0.2) is 12.3 Å². The zero-order chi connectivity index (χ0) is 16.0. The maximum atomic E-state index is 13.6. The zero-order valence-electron chi connectivity index (χ0n) is 12.7. The Kier molecular flexibility index (Phi) is 3.17. The molecule has 0 atom stereocenters. The number of H-pyrrole nitrogens is 1. The number of carbonyl (C=O) groups excluding carboxylic acids is 1. The van der Waals surface area contributed by atoms with Gasteiger partial charge in [0.1, 0.15) is 18.1 Å². The molecule has 4 heterocycles. The Labute approximate surface area is 132 Å². The highest BCUT2D eigenvalue weighted by Gasteiger charge is 2.30. The number of pyridine rings is 1. The fourth-order valence-corrected chi connectivity index (χ4v) is 3.07. The molecule has 2 aliphatic heterocycles. The third-order valence-corrected chi connectivity index (χ3v) is 4.26. The van der Waals surface area contributed by atoms with Crippen LogP contribution >= 0.6 is 0 Å². The second-order valence-corrected chi connectivity index (χ2v) is 5.67. The number of anilines is 2. The first kappa shape index (κ1) is 14.0. The molecule has 0 aliphatic carbocycles. The number of aromatic amines is 1. The molecule has 23 heavy (non-hydrogen) atoms. The predicted octanol–water partition coefficient (Wildman–Crippen LogP) is 1.38. The van der Waals surface area contributed by atoms with Crippen LogP contribution in [0.5, 0.6) is 5.88 Å². The fourth-order valence-electron chi connectivity index (χ4n) is 3.07. The second-order valence-electron chi connectivity index (χ2n) is 5.67. The molecule has 0 spiro atoms. The zero-order valence-corrected chi connectivity index (χ0v) is 12.7. The van der Waals surface area contributed by atoms with E-state index in [1.54, 1.807) is 11.8 Å².